The molecule has 0 bridgehead atoms. The highest BCUT2D eigenvalue weighted by molar-refractivity contribution is 6.00. The molecule has 108 valence electrons. The number of carbonyl (C=O) groups excluding carboxylic acids is 1. The van der Waals surface area contributed by atoms with E-state index in [4.69, 9.17) is 9.47 Å². The summed E-state index contributed by atoms with van der Waals surface area (Å²) >= 11 is 0. The van der Waals surface area contributed by atoms with Crippen LogP contribution in [0, 0.1) is 5.41 Å². The van der Waals surface area contributed by atoms with Crippen molar-refractivity contribution in [3.63, 3.8) is 0 Å². The normalized spacial score (nSPS) is 13.4. The van der Waals surface area contributed by atoms with E-state index in [1.54, 1.807) is 18.0 Å². The first-order valence-corrected chi connectivity index (χ1v) is 6.62. The number of ketones is 1. The molecular formula is C14H24N2O3. The van der Waals surface area contributed by atoms with Gasteiger partial charge < -0.3 is 9.47 Å². The number of ether oxygens (including phenoxy) is 2. The van der Waals surface area contributed by atoms with Gasteiger partial charge in [-0.2, -0.15) is 5.10 Å². The van der Waals surface area contributed by atoms with Gasteiger partial charge in [0.1, 0.15) is 11.8 Å². The molecule has 1 heterocycles. The Morgan fingerprint density at radius 2 is 2.05 bits per heavy atom. The van der Waals surface area contributed by atoms with Crippen molar-refractivity contribution in [2.75, 3.05) is 13.7 Å². The second-order valence-electron chi connectivity index (χ2n) is 5.44. The third-order valence-electron chi connectivity index (χ3n) is 2.92. The van der Waals surface area contributed by atoms with Crippen molar-refractivity contribution in [3.8, 4) is 5.75 Å². The summed E-state index contributed by atoms with van der Waals surface area (Å²) in [5, 5.41) is 4.17. The molecule has 5 nitrogen and oxygen atoms in total. The third-order valence-corrected chi connectivity index (χ3v) is 2.92. The van der Waals surface area contributed by atoms with Gasteiger partial charge in [-0.25, -0.2) is 0 Å². The van der Waals surface area contributed by atoms with Crippen molar-refractivity contribution in [3.05, 3.63) is 11.9 Å². The van der Waals surface area contributed by atoms with E-state index in [1.165, 1.54) is 0 Å². The molecule has 0 fully saturated rings. The molecule has 1 aromatic rings. The Morgan fingerprint density at radius 1 is 1.42 bits per heavy atom. The van der Waals surface area contributed by atoms with Crippen LogP contribution in [0.15, 0.2) is 6.20 Å². The monoisotopic (exact) mass is 268 g/mol. The number of Topliss-reactive ketones (excluding diaryl/α,β-unsaturated/α-hetero) is 1. The van der Waals surface area contributed by atoms with Crippen LogP contribution in [0.1, 0.15) is 45.1 Å². The molecule has 0 saturated heterocycles. The molecule has 0 saturated carbocycles. The van der Waals surface area contributed by atoms with Crippen molar-refractivity contribution in [2.45, 2.75) is 47.3 Å². The Kier molecular flexibility index (Phi) is 5.11. The molecule has 5 heteroatoms. The first kappa shape index (κ1) is 15.7. The number of nitrogens with zero attached hydrogens (tertiary/aromatic N) is 2. The average Bonchev–Trinajstić information content (AvgIpc) is 2.76. The summed E-state index contributed by atoms with van der Waals surface area (Å²) in [7, 11) is 1.54. The topological polar surface area (TPSA) is 53.4 Å². The van der Waals surface area contributed by atoms with E-state index in [0.29, 0.717) is 24.6 Å². The van der Waals surface area contributed by atoms with E-state index in [1.807, 2.05) is 34.6 Å². The number of hydrogen-bond donors (Lipinski definition) is 0. The number of aryl methyl sites for hydroxylation is 1. The summed E-state index contributed by atoms with van der Waals surface area (Å²) in [4.78, 5) is 12.7. The lowest BCUT2D eigenvalue weighted by molar-refractivity contribution is -0.00109. The molecule has 19 heavy (non-hydrogen) atoms. The zero-order chi connectivity index (χ0) is 14.6. The van der Waals surface area contributed by atoms with Gasteiger partial charge in [0, 0.05) is 13.2 Å². The summed E-state index contributed by atoms with van der Waals surface area (Å²) < 4.78 is 12.5. The zero-order valence-corrected chi connectivity index (χ0v) is 12.7. The van der Waals surface area contributed by atoms with E-state index in [9.17, 15) is 4.79 Å². The fourth-order valence-electron chi connectivity index (χ4n) is 2.02. The second kappa shape index (κ2) is 6.19. The van der Waals surface area contributed by atoms with Gasteiger partial charge in [-0.3, -0.25) is 9.48 Å². The molecule has 0 spiro atoms. The van der Waals surface area contributed by atoms with Gasteiger partial charge in [-0.1, -0.05) is 20.8 Å². The lowest BCUT2D eigenvalue weighted by atomic mass is 9.85. The lowest BCUT2D eigenvalue weighted by Crippen LogP contribution is -2.38. The van der Waals surface area contributed by atoms with Gasteiger partial charge in [0.25, 0.3) is 0 Å². The molecule has 0 N–H and O–H groups in total. The number of hydrogen-bond acceptors (Lipinski definition) is 4. The van der Waals surface area contributed by atoms with Crippen LogP contribution in [-0.2, 0) is 11.3 Å². The van der Waals surface area contributed by atoms with Crippen LogP contribution >= 0.6 is 0 Å². The van der Waals surface area contributed by atoms with Crippen molar-refractivity contribution in [1.82, 2.24) is 9.78 Å². The maximum Gasteiger partial charge on any atom is 0.213 e. The van der Waals surface area contributed by atoms with Crippen molar-refractivity contribution >= 4 is 5.78 Å². The standard InChI is InChI=1S/C14H24N2O3/c1-7-16-11(10(18-6)9-15-16)12(17)13(19-8-2)14(3,4)5/h9,13H,7-8H2,1-6H3. The summed E-state index contributed by atoms with van der Waals surface area (Å²) in [6.07, 6.45) is 1.07. The van der Waals surface area contributed by atoms with Gasteiger partial charge in [-0.15, -0.1) is 0 Å². The van der Waals surface area contributed by atoms with E-state index >= 15 is 0 Å². The minimum absolute atomic E-state index is 0.0782. The maximum atomic E-state index is 12.7. The molecule has 0 radical (unpaired) electrons. The molecule has 1 unspecified atom stereocenters. The van der Waals surface area contributed by atoms with Crippen LogP contribution < -0.4 is 4.74 Å². The highest BCUT2D eigenvalue weighted by Gasteiger charge is 2.36. The highest BCUT2D eigenvalue weighted by Crippen LogP contribution is 2.29. The van der Waals surface area contributed by atoms with Crippen LogP contribution in [0.3, 0.4) is 0 Å². The Hall–Kier alpha value is -1.36. The number of rotatable bonds is 6. The Balaban J connectivity index is 3.19. The fraction of sp³-hybridized carbons (Fsp3) is 0.714. The first-order chi connectivity index (χ1) is 8.86. The van der Waals surface area contributed by atoms with Crippen LogP contribution in [0.5, 0.6) is 5.75 Å². The molecule has 0 aliphatic carbocycles. The average molecular weight is 268 g/mol. The summed E-state index contributed by atoms with van der Waals surface area (Å²) in [6, 6.07) is 0. The molecule has 0 aromatic carbocycles. The summed E-state index contributed by atoms with van der Waals surface area (Å²) in [5.74, 6) is 0.423. The molecule has 0 aliphatic rings. The highest BCUT2D eigenvalue weighted by atomic mass is 16.5. The summed E-state index contributed by atoms with van der Waals surface area (Å²) in [6.45, 7) is 10.9. The van der Waals surface area contributed by atoms with E-state index in [2.05, 4.69) is 5.10 Å². The fourth-order valence-corrected chi connectivity index (χ4v) is 2.02. The molecule has 0 amide bonds. The smallest absolute Gasteiger partial charge is 0.213 e. The predicted molar refractivity (Wildman–Crippen MR) is 73.7 cm³/mol. The van der Waals surface area contributed by atoms with Gasteiger partial charge >= 0.3 is 0 Å². The molecule has 1 rings (SSSR count). The lowest BCUT2D eigenvalue weighted by Gasteiger charge is -2.29. The predicted octanol–water partition coefficient (Wildman–Crippen LogP) is 2.55. The Morgan fingerprint density at radius 3 is 2.47 bits per heavy atom. The van der Waals surface area contributed by atoms with Crippen LogP contribution in [0.2, 0.25) is 0 Å². The van der Waals surface area contributed by atoms with Gasteiger partial charge in [0.2, 0.25) is 5.78 Å². The largest absolute Gasteiger partial charge is 0.493 e. The van der Waals surface area contributed by atoms with Gasteiger partial charge in [0.15, 0.2) is 5.75 Å². The van der Waals surface area contributed by atoms with E-state index < -0.39 is 6.10 Å². The minimum Gasteiger partial charge on any atom is -0.493 e. The molecule has 1 aromatic heterocycles. The Bertz CT molecular complexity index is 411. The van der Waals surface area contributed by atoms with Crippen molar-refractivity contribution in [2.24, 2.45) is 5.41 Å². The van der Waals surface area contributed by atoms with Crippen LogP contribution in [-0.4, -0.2) is 35.4 Å². The number of aromatic nitrogens is 2. The maximum absolute atomic E-state index is 12.7. The summed E-state index contributed by atoms with van der Waals surface area (Å²) in [5.41, 5.74) is 0.208. The van der Waals surface area contributed by atoms with E-state index in [0.717, 1.165) is 0 Å². The van der Waals surface area contributed by atoms with Gasteiger partial charge in [-0.05, 0) is 19.3 Å². The second-order valence-corrected chi connectivity index (χ2v) is 5.44. The molecule has 0 aliphatic heterocycles. The Labute approximate surface area is 114 Å². The zero-order valence-electron chi connectivity index (χ0n) is 12.7. The first-order valence-electron chi connectivity index (χ1n) is 6.62. The minimum atomic E-state index is -0.506. The SMILES string of the molecule is CCOC(C(=O)c1c(OC)cnn1CC)C(C)(C)C. The van der Waals surface area contributed by atoms with Crippen LogP contribution in [0.25, 0.3) is 0 Å². The number of carbonyl (C=O) groups is 1. The van der Waals surface area contributed by atoms with Gasteiger partial charge in [0.05, 0.1) is 13.3 Å². The number of methoxy groups -OCH3 is 1. The quantitative estimate of drug-likeness (QED) is 0.744. The van der Waals surface area contributed by atoms with Crippen molar-refractivity contribution in [1.29, 1.82) is 0 Å². The van der Waals surface area contributed by atoms with Crippen LogP contribution in [0.4, 0.5) is 0 Å². The van der Waals surface area contributed by atoms with E-state index in [-0.39, 0.29) is 11.2 Å². The van der Waals surface area contributed by atoms with Crippen molar-refractivity contribution < 1.29 is 14.3 Å². The molecular weight excluding hydrogens is 244 g/mol. The molecule has 1 atom stereocenters. The third kappa shape index (κ3) is 3.35.